The predicted octanol–water partition coefficient (Wildman–Crippen LogP) is 0.442. The molecule has 0 fully saturated rings. The summed E-state index contributed by atoms with van der Waals surface area (Å²) in [4.78, 5) is 10.7. The molecule has 0 saturated carbocycles. The molecule has 1 aromatic rings. The number of phenolic OH excluding ortho intramolecular Hbond substituents is 2. The molecule has 15 heavy (non-hydrogen) atoms. The van der Waals surface area contributed by atoms with E-state index in [2.05, 4.69) is 0 Å². The minimum atomic E-state index is -2.41. The summed E-state index contributed by atoms with van der Waals surface area (Å²) in [6, 6.07) is 1.44. The van der Waals surface area contributed by atoms with Crippen LogP contribution in [0.5, 0.6) is 11.5 Å². The van der Waals surface area contributed by atoms with E-state index in [1.807, 2.05) is 0 Å². The van der Waals surface area contributed by atoms with Crippen molar-refractivity contribution in [3.63, 3.8) is 0 Å². The van der Waals surface area contributed by atoms with E-state index in [1.54, 1.807) is 0 Å². The molecule has 0 amide bonds. The number of hydrogen-bond acceptors (Lipinski definition) is 4. The third-order valence-electron chi connectivity index (χ3n) is 1.84. The van der Waals surface area contributed by atoms with Crippen LogP contribution < -0.4 is 5.73 Å². The van der Waals surface area contributed by atoms with Gasteiger partial charge in [0.2, 0.25) is 0 Å². The molecule has 2 atom stereocenters. The van der Waals surface area contributed by atoms with E-state index < -0.39 is 18.4 Å². The number of benzene rings is 1. The first-order valence-corrected chi connectivity index (χ1v) is 4.20. The van der Waals surface area contributed by atoms with Gasteiger partial charge in [-0.1, -0.05) is 6.07 Å². The summed E-state index contributed by atoms with van der Waals surface area (Å²) >= 11 is 0. The van der Waals surface area contributed by atoms with Gasteiger partial charge in [0, 0.05) is 1.37 Å². The quantitative estimate of drug-likeness (QED) is 0.543. The number of carboxylic acid groups (broad SMARTS) is 1. The molecule has 0 aliphatic carbocycles. The van der Waals surface area contributed by atoms with Gasteiger partial charge in [-0.15, -0.1) is 0 Å². The van der Waals surface area contributed by atoms with Crippen LogP contribution in [-0.2, 0) is 11.2 Å². The van der Waals surface area contributed by atoms with Crippen molar-refractivity contribution in [1.82, 2.24) is 0 Å². The number of rotatable bonds is 4. The topological polar surface area (TPSA) is 104 Å². The summed E-state index contributed by atoms with van der Waals surface area (Å²) in [5.41, 5.74) is 5.61. The molecule has 0 saturated heterocycles. The first kappa shape index (κ1) is 8.55. The van der Waals surface area contributed by atoms with Crippen molar-refractivity contribution in [2.75, 3.05) is 0 Å². The standard InChI is InChI=1S/C10H13NO4/c11-7(10(14)15)3-1-6-2-4-8(12)9(13)5-6/h2,4-5,7,12-13H,1,3,11H2,(H,14,15)/i3D,7D. The number of hydrogen-bond donors (Lipinski definition) is 4. The first-order chi connectivity index (χ1) is 7.75. The molecule has 1 aromatic carbocycles. The van der Waals surface area contributed by atoms with Gasteiger partial charge in [0.15, 0.2) is 11.5 Å². The van der Waals surface area contributed by atoms with Crippen LogP contribution >= 0.6 is 0 Å². The van der Waals surface area contributed by atoms with Crippen molar-refractivity contribution < 1.29 is 22.9 Å². The van der Waals surface area contributed by atoms with E-state index in [-0.39, 0.29) is 17.9 Å². The van der Waals surface area contributed by atoms with Crippen molar-refractivity contribution in [3.05, 3.63) is 23.8 Å². The van der Waals surface area contributed by atoms with Gasteiger partial charge in [0.25, 0.3) is 0 Å². The lowest BCUT2D eigenvalue weighted by atomic mass is 10.1. The lowest BCUT2D eigenvalue weighted by Gasteiger charge is -2.06. The smallest absolute Gasteiger partial charge is 0.320 e. The molecule has 1 rings (SSSR count). The molecule has 5 N–H and O–H groups in total. The Morgan fingerprint density at radius 1 is 1.53 bits per heavy atom. The maximum absolute atomic E-state index is 10.7. The molecule has 0 bridgehead atoms. The average Bonchev–Trinajstić information content (AvgIpc) is 2.23. The van der Waals surface area contributed by atoms with Crippen LogP contribution in [0.2, 0.25) is 0 Å². The lowest BCUT2D eigenvalue weighted by molar-refractivity contribution is -0.138. The zero-order valence-electron chi connectivity index (χ0n) is 9.84. The van der Waals surface area contributed by atoms with Gasteiger partial charge in [0.05, 0.1) is 1.37 Å². The number of carboxylic acids is 1. The van der Waals surface area contributed by atoms with Crippen molar-refractivity contribution in [2.45, 2.75) is 18.8 Å². The second kappa shape index (κ2) is 4.65. The highest BCUT2D eigenvalue weighted by atomic mass is 16.4. The maximum Gasteiger partial charge on any atom is 0.320 e. The third kappa shape index (κ3) is 3.14. The second-order valence-electron chi connectivity index (χ2n) is 2.99. The van der Waals surface area contributed by atoms with E-state index in [9.17, 15) is 9.90 Å². The Hall–Kier alpha value is -1.75. The molecular formula is C10H13NO4. The zero-order chi connectivity index (χ0) is 13.2. The molecule has 0 heterocycles. The molecule has 0 spiro atoms. The Bertz CT molecular complexity index is 436. The van der Waals surface area contributed by atoms with Crippen LogP contribution in [0.25, 0.3) is 0 Å². The fourth-order valence-corrected chi connectivity index (χ4v) is 1.01. The Balaban J connectivity index is 2.84. The van der Waals surface area contributed by atoms with Gasteiger partial charge < -0.3 is 21.1 Å². The normalized spacial score (nSPS) is 18.5. The summed E-state index contributed by atoms with van der Waals surface area (Å²) in [7, 11) is 0. The fraction of sp³-hybridized carbons (Fsp3) is 0.300. The number of aromatic hydroxyl groups is 2. The van der Waals surface area contributed by atoms with Crippen molar-refractivity contribution in [1.29, 1.82) is 0 Å². The lowest BCUT2D eigenvalue weighted by Crippen LogP contribution is -2.30. The van der Waals surface area contributed by atoms with Gasteiger partial charge in [-0.3, -0.25) is 4.79 Å². The summed E-state index contributed by atoms with van der Waals surface area (Å²) in [6.07, 6.45) is -1.50. The Morgan fingerprint density at radius 3 is 2.73 bits per heavy atom. The van der Waals surface area contributed by atoms with Gasteiger partial charge in [-0.2, -0.15) is 0 Å². The van der Waals surface area contributed by atoms with Crippen molar-refractivity contribution in [2.24, 2.45) is 5.73 Å². The molecule has 5 nitrogen and oxygen atoms in total. The molecule has 0 radical (unpaired) electrons. The van der Waals surface area contributed by atoms with Gasteiger partial charge in [-0.05, 0) is 30.5 Å². The molecule has 0 aliphatic heterocycles. The summed E-state index contributed by atoms with van der Waals surface area (Å²) < 4.78 is 14.8. The van der Waals surface area contributed by atoms with Gasteiger partial charge in [-0.25, -0.2) is 0 Å². The van der Waals surface area contributed by atoms with Crippen LogP contribution in [-0.4, -0.2) is 27.3 Å². The highest BCUT2D eigenvalue weighted by molar-refractivity contribution is 5.73. The Kier molecular flexibility index (Phi) is 2.65. The first-order valence-electron chi connectivity index (χ1n) is 5.28. The third-order valence-corrected chi connectivity index (χ3v) is 1.84. The van der Waals surface area contributed by atoms with Crippen LogP contribution in [0, 0.1) is 0 Å². The van der Waals surface area contributed by atoms with E-state index in [4.69, 9.17) is 18.7 Å². The molecule has 5 heteroatoms. The second-order valence-corrected chi connectivity index (χ2v) is 2.99. The van der Waals surface area contributed by atoms with Crippen molar-refractivity contribution >= 4 is 5.97 Å². The Morgan fingerprint density at radius 2 is 2.20 bits per heavy atom. The largest absolute Gasteiger partial charge is 0.504 e. The Labute approximate surface area is 89.6 Å². The molecular weight excluding hydrogens is 198 g/mol. The number of carbonyl (C=O) groups is 1. The van der Waals surface area contributed by atoms with Crippen molar-refractivity contribution in [3.8, 4) is 11.5 Å². The van der Waals surface area contributed by atoms with Gasteiger partial charge in [0.1, 0.15) is 6.02 Å². The highest BCUT2D eigenvalue weighted by Gasteiger charge is 2.11. The van der Waals surface area contributed by atoms with E-state index >= 15 is 0 Å². The minimum Gasteiger partial charge on any atom is -0.504 e. The number of aliphatic carboxylic acids is 1. The fourth-order valence-electron chi connectivity index (χ4n) is 1.01. The van der Waals surface area contributed by atoms with E-state index in [0.29, 0.717) is 5.56 Å². The van der Waals surface area contributed by atoms with Crippen LogP contribution in [0.1, 0.15) is 14.7 Å². The highest BCUT2D eigenvalue weighted by Crippen LogP contribution is 2.25. The summed E-state index contributed by atoms with van der Waals surface area (Å²) in [5.74, 6) is -2.25. The molecule has 0 aromatic heterocycles. The average molecular weight is 213 g/mol. The number of aryl methyl sites for hydroxylation is 1. The van der Waals surface area contributed by atoms with E-state index in [1.165, 1.54) is 18.2 Å². The van der Waals surface area contributed by atoms with Crippen LogP contribution in [0.15, 0.2) is 18.2 Å². The molecule has 82 valence electrons. The minimum absolute atomic E-state index is 0.111. The maximum atomic E-state index is 10.7. The predicted molar refractivity (Wildman–Crippen MR) is 53.7 cm³/mol. The summed E-state index contributed by atoms with van der Waals surface area (Å²) in [5, 5.41) is 27.0. The number of nitrogens with two attached hydrogens (primary N) is 1. The zero-order valence-corrected chi connectivity index (χ0v) is 7.84. The van der Waals surface area contributed by atoms with Crippen LogP contribution in [0.3, 0.4) is 0 Å². The monoisotopic (exact) mass is 213 g/mol. The number of phenols is 2. The summed E-state index contributed by atoms with van der Waals surface area (Å²) in [6.45, 7) is 0. The molecule has 0 aliphatic rings. The van der Waals surface area contributed by atoms with Crippen LogP contribution in [0.4, 0.5) is 0 Å². The molecule has 2 unspecified atom stereocenters. The van der Waals surface area contributed by atoms with Gasteiger partial charge >= 0.3 is 5.97 Å². The SMILES string of the molecule is [2H]C(Cc1ccc(O)c(O)c1)C([2H])(N)C(=O)O. The van der Waals surface area contributed by atoms with E-state index in [0.717, 1.165) is 0 Å².